The van der Waals surface area contributed by atoms with Crippen LogP contribution in [0.4, 0.5) is 5.69 Å². The molecule has 0 aliphatic rings. The van der Waals surface area contributed by atoms with E-state index in [9.17, 15) is 18.0 Å². The number of nitrogens with one attached hydrogen (secondary N) is 1. The predicted molar refractivity (Wildman–Crippen MR) is 172 cm³/mol. The summed E-state index contributed by atoms with van der Waals surface area (Å²) in [5.74, 6) is -0.989. The molecular formula is C32H30Cl3N3O4S. The van der Waals surface area contributed by atoms with Crippen molar-refractivity contribution in [2.24, 2.45) is 0 Å². The number of anilines is 1. The van der Waals surface area contributed by atoms with Gasteiger partial charge >= 0.3 is 0 Å². The standard InChI is InChI=1S/C32H30Cl3N3O4S/c1-2-36-32(40)30(19-23-11-5-3-6-12-23)37(21-24-13-9-10-16-27(24)33)31(39)22-38(25-17-18-28(34)29(35)20-25)43(41,42)26-14-7-4-8-15-26/h3-18,20,30H,2,19,21-22H2,1H3,(H,36,40)/t30-/m1/s1. The number of benzene rings is 4. The maximum Gasteiger partial charge on any atom is 0.264 e. The molecule has 0 bridgehead atoms. The molecule has 11 heteroatoms. The van der Waals surface area contributed by atoms with E-state index in [1.54, 1.807) is 49.4 Å². The highest BCUT2D eigenvalue weighted by atomic mass is 35.5. The lowest BCUT2D eigenvalue weighted by Crippen LogP contribution is -2.53. The topological polar surface area (TPSA) is 86.8 Å². The minimum absolute atomic E-state index is 0.0175. The first-order valence-electron chi connectivity index (χ1n) is 13.5. The Labute approximate surface area is 267 Å². The van der Waals surface area contributed by atoms with Gasteiger partial charge in [-0.05, 0) is 54.4 Å². The van der Waals surface area contributed by atoms with Crippen LogP contribution < -0.4 is 9.62 Å². The summed E-state index contributed by atoms with van der Waals surface area (Å²) in [6, 6.07) is 27.4. The molecule has 4 aromatic rings. The summed E-state index contributed by atoms with van der Waals surface area (Å²) in [7, 11) is -4.25. The molecule has 224 valence electrons. The zero-order valence-corrected chi connectivity index (χ0v) is 26.4. The van der Waals surface area contributed by atoms with Crippen LogP contribution in [0.2, 0.25) is 15.1 Å². The summed E-state index contributed by atoms with van der Waals surface area (Å²) >= 11 is 18.9. The lowest BCUT2D eigenvalue weighted by atomic mass is 10.0. The number of likely N-dealkylation sites (N-methyl/N-ethyl adjacent to an activating group) is 1. The van der Waals surface area contributed by atoms with E-state index in [-0.39, 0.29) is 39.5 Å². The Morgan fingerprint density at radius 3 is 2.05 bits per heavy atom. The number of amides is 2. The Bertz CT molecular complexity index is 1670. The average Bonchev–Trinajstić information content (AvgIpc) is 3.01. The normalized spacial score (nSPS) is 11.9. The van der Waals surface area contributed by atoms with Crippen molar-refractivity contribution in [3.8, 4) is 0 Å². The van der Waals surface area contributed by atoms with Crippen molar-refractivity contribution in [1.82, 2.24) is 10.2 Å². The molecule has 0 saturated heterocycles. The number of nitrogens with zero attached hydrogens (tertiary/aromatic N) is 2. The Balaban J connectivity index is 1.81. The highest BCUT2D eigenvalue weighted by Crippen LogP contribution is 2.31. The second kappa shape index (κ2) is 14.8. The van der Waals surface area contributed by atoms with Crippen molar-refractivity contribution in [2.75, 3.05) is 17.4 Å². The van der Waals surface area contributed by atoms with Crippen LogP contribution in [-0.4, -0.2) is 44.3 Å². The van der Waals surface area contributed by atoms with Crippen LogP contribution in [0.1, 0.15) is 18.1 Å². The van der Waals surface area contributed by atoms with Gasteiger partial charge in [0.15, 0.2) is 0 Å². The van der Waals surface area contributed by atoms with Crippen LogP contribution in [-0.2, 0) is 32.6 Å². The monoisotopic (exact) mass is 657 g/mol. The Morgan fingerprint density at radius 1 is 0.791 bits per heavy atom. The minimum Gasteiger partial charge on any atom is -0.355 e. The second-order valence-electron chi connectivity index (χ2n) is 9.64. The van der Waals surface area contributed by atoms with Gasteiger partial charge in [0.2, 0.25) is 11.8 Å². The predicted octanol–water partition coefficient (Wildman–Crippen LogP) is 6.62. The molecule has 0 aliphatic carbocycles. The number of hydrogen-bond donors (Lipinski definition) is 1. The Hall–Kier alpha value is -3.56. The minimum atomic E-state index is -4.25. The molecule has 0 fully saturated rings. The van der Waals surface area contributed by atoms with Gasteiger partial charge in [0, 0.05) is 24.5 Å². The van der Waals surface area contributed by atoms with Gasteiger partial charge in [0.25, 0.3) is 10.0 Å². The van der Waals surface area contributed by atoms with E-state index in [0.717, 1.165) is 9.87 Å². The molecule has 0 spiro atoms. The third-order valence-electron chi connectivity index (χ3n) is 6.72. The van der Waals surface area contributed by atoms with Crippen molar-refractivity contribution < 1.29 is 18.0 Å². The maximum atomic E-state index is 14.4. The van der Waals surface area contributed by atoms with E-state index in [1.165, 1.54) is 35.2 Å². The molecule has 0 saturated carbocycles. The quantitative estimate of drug-likeness (QED) is 0.185. The smallest absolute Gasteiger partial charge is 0.264 e. The molecule has 2 amide bonds. The van der Waals surface area contributed by atoms with E-state index in [2.05, 4.69) is 5.32 Å². The largest absolute Gasteiger partial charge is 0.355 e. The van der Waals surface area contributed by atoms with Crippen molar-refractivity contribution in [3.05, 3.63) is 129 Å². The maximum absolute atomic E-state index is 14.4. The van der Waals surface area contributed by atoms with Gasteiger partial charge in [0.05, 0.1) is 20.6 Å². The summed E-state index contributed by atoms with van der Waals surface area (Å²) in [6.45, 7) is 1.48. The number of sulfonamides is 1. The van der Waals surface area contributed by atoms with Gasteiger partial charge in [-0.3, -0.25) is 13.9 Å². The summed E-state index contributed by atoms with van der Waals surface area (Å²) in [5, 5.41) is 3.59. The third-order valence-corrected chi connectivity index (χ3v) is 9.62. The fourth-order valence-corrected chi connectivity index (χ4v) is 6.46. The molecule has 43 heavy (non-hydrogen) atoms. The van der Waals surface area contributed by atoms with Crippen LogP contribution in [0.15, 0.2) is 108 Å². The summed E-state index contributed by atoms with van der Waals surface area (Å²) < 4.78 is 28.9. The van der Waals surface area contributed by atoms with E-state index in [1.807, 2.05) is 30.3 Å². The fourth-order valence-electron chi connectivity index (χ4n) is 4.54. The van der Waals surface area contributed by atoms with Crippen molar-refractivity contribution in [1.29, 1.82) is 0 Å². The highest BCUT2D eigenvalue weighted by molar-refractivity contribution is 7.92. The Morgan fingerprint density at radius 2 is 1.42 bits per heavy atom. The van der Waals surface area contributed by atoms with E-state index < -0.39 is 28.5 Å². The molecule has 0 aliphatic heterocycles. The Kier molecular flexibility index (Phi) is 11.1. The van der Waals surface area contributed by atoms with Crippen LogP contribution in [0.3, 0.4) is 0 Å². The van der Waals surface area contributed by atoms with Gasteiger partial charge in [-0.15, -0.1) is 0 Å². The molecule has 0 radical (unpaired) electrons. The molecule has 7 nitrogen and oxygen atoms in total. The van der Waals surface area contributed by atoms with Crippen molar-refractivity contribution in [2.45, 2.75) is 30.8 Å². The lowest BCUT2D eigenvalue weighted by molar-refractivity contribution is -0.140. The molecule has 0 heterocycles. The fraction of sp³-hybridized carbons (Fsp3) is 0.188. The highest BCUT2D eigenvalue weighted by Gasteiger charge is 2.35. The zero-order valence-electron chi connectivity index (χ0n) is 23.3. The molecule has 1 atom stereocenters. The van der Waals surface area contributed by atoms with Crippen molar-refractivity contribution >= 4 is 62.3 Å². The summed E-state index contributed by atoms with van der Waals surface area (Å²) in [4.78, 5) is 29.2. The number of carbonyl (C=O) groups excluding carboxylic acids is 2. The first-order valence-corrected chi connectivity index (χ1v) is 16.1. The van der Waals surface area contributed by atoms with Gasteiger partial charge in [-0.25, -0.2) is 8.42 Å². The lowest BCUT2D eigenvalue weighted by Gasteiger charge is -2.34. The molecule has 4 aromatic carbocycles. The zero-order chi connectivity index (χ0) is 31.0. The number of rotatable bonds is 12. The summed E-state index contributed by atoms with van der Waals surface area (Å²) in [5.41, 5.74) is 1.57. The van der Waals surface area contributed by atoms with Gasteiger partial charge < -0.3 is 10.2 Å². The molecule has 0 unspecified atom stereocenters. The van der Waals surface area contributed by atoms with E-state index in [0.29, 0.717) is 17.1 Å². The molecule has 1 N–H and O–H groups in total. The van der Waals surface area contributed by atoms with Gasteiger partial charge in [-0.1, -0.05) is 102 Å². The van der Waals surface area contributed by atoms with Crippen LogP contribution in [0.25, 0.3) is 0 Å². The van der Waals surface area contributed by atoms with E-state index in [4.69, 9.17) is 34.8 Å². The van der Waals surface area contributed by atoms with Gasteiger partial charge in [-0.2, -0.15) is 0 Å². The first kappa shape index (κ1) is 32.4. The number of carbonyl (C=O) groups is 2. The first-order chi connectivity index (χ1) is 20.6. The van der Waals surface area contributed by atoms with Crippen molar-refractivity contribution in [3.63, 3.8) is 0 Å². The molecule has 4 rings (SSSR count). The number of halogens is 3. The van der Waals surface area contributed by atoms with Crippen LogP contribution in [0, 0.1) is 0 Å². The van der Waals surface area contributed by atoms with Gasteiger partial charge in [0.1, 0.15) is 12.6 Å². The summed E-state index contributed by atoms with van der Waals surface area (Å²) in [6.07, 6.45) is 0.196. The average molecular weight is 659 g/mol. The van der Waals surface area contributed by atoms with E-state index >= 15 is 0 Å². The molecule has 0 aromatic heterocycles. The number of hydrogen-bond acceptors (Lipinski definition) is 4. The SMILES string of the molecule is CCNC(=O)[C@@H](Cc1ccccc1)N(Cc1ccccc1Cl)C(=O)CN(c1ccc(Cl)c(Cl)c1)S(=O)(=O)c1ccccc1. The second-order valence-corrected chi connectivity index (χ2v) is 12.7. The third kappa shape index (κ3) is 8.09. The van der Waals surface area contributed by atoms with Crippen LogP contribution >= 0.6 is 34.8 Å². The van der Waals surface area contributed by atoms with Crippen LogP contribution in [0.5, 0.6) is 0 Å². The molecular weight excluding hydrogens is 629 g/mol.